The lowest BCUT2D eigenvalue weighted by Crippen LogP contribution is -2.28. The highest BCUT2D eigenvalue weighted by molar-refractivity contribution is 5.42. The minimum Gasteiger partial charge on any atom is -0.496 e. The number of methoxy groups -OCH3 is 1. The lowest BCUT2D eigenvalue weighted by molar-refractivity contribution is 0.281. The van der Waals surface area contributed by atoms with Crippen LogP contribution in [-0.2, 0) is 13.1 Å². The zero-order valence-electron chi connectivity index (χ0n) is 10.1. The summed E-state index contributed by atoms with van der Waals surface area (Å²) in [5.41, 5.74) is 2.78. The van der Waals surface area contributed by atoms with E-state index in [1.807, 2.05) is 6.07 Å². The highest BCUT2D eigenvalue weighted by Crippen LogP contribution is 2.30. The van der Waals surface area contributed by atoms with E-state index in [1.54, 1.807) is 7.11 Å². The number of rotatable bonds is 5. The van der Waals surface area contributed by atoms with Crippen molar-refractivity contribution in [3.05, 3.63) is 29.3 Å². The van der Waals surface area contributed by atoms with Crippen LogP contribution in [0.4, 0.5) is 0 Å². The Labute approximate surface area is 97.4 Å². The molecule has 0 saturated carbocycles. The number of fused-ring (bicyclic) bond motifs is 1. The van der Waals surface area contributed by atoms with Crippen molar-refractivity contribution >= 4 is 0 Å². The minimum atomic E-state index is 1.02. The number of benzene rings is 1. The Bertz CT molecular complexity index is 352. The Morgan fingerprint density at radius 2 is 2.25 bits per heavy atom. The average molecular weight is 220 g/mol. The number of likely N-dealkylation sites (N-methyl/N-ethyl adjacent to an activating group) is 1. The van der Waals surface area contributed by atoms with Gasteiger partial charge in [-0.1, -0.05) is 19.1 Å². The van der Waals surface area contributed by atoms with Crippen molar-refractivity contribution in [1.29, 1.82) is 0 Å². The molecule has 0 saturated heterocycles. The molecule has 1 heterocycles. The predicted octanol–water partition coefficient (Wildman–Crippen LogP) is 1.62. The number of hydrogen-bond donors (Lipinski definition) is 1. The molecule has 0 amide bonds. The van der Waals surface area contributed by atoms with E-state index < -0.39 is 0 Å². The number of ether oxygens (including phenoxy) is 1. The first-order valence-corrected chi connectivity index (χ1v) is 5.93. The van der Waals surface area contributed by atoms with Crippen molar-refractivity contribution in [2.45, 2.75) is 20.0 Å². The molecule has 1 aromatic rings. The molecular formula is C13H20N2O. The van der Waals surface area contributed by atoms with Gasteiger partial charge >= 0.3 is 0 Å². The molecule has 3 heteroatoms. The van der Waals surface area contributed by atoms with E-state index in [-0.39, 0.29) is 0 Å². The van der Waals surface area contributed by atoms with Crippen LogP contribution in [0.15, 0.2) is 18.2 Å². The van der Waals surface area contributed by atoms with Crippen LogP contribution >= 0.6 is 0 Å². The van der Waals surface area contributed by atoms with Crippen LogP contribution in [0.3, 0.4) is 0 Å². The van der Waals surface area contributed by atoms with Gasteiger partial charge in [0.2, 0.25) is 0 Å². The smallest absolute Gasteiger partial charge is 0.123 e. The molecule has 0 fully saturated rings. The van der Waals surface area contributed by atoms with Gasteiger partial charge in [0.15, 0.2) is 0 Å². The summed E-state index contributed by atoms with van der Waals surface area (Å²) in [7, 11) is 1.75. The summed E-state index contributed by atoms with van der Waals surface area (Å²) in [6, 6.07) is 6.32. The van der Waals surface area contributed by atoms with Gasteiger partial charge in [-0.2, -0.15) is 0 Å². The fraction of sp³-hybridized carbons (Fsp3) is 0.538. The van der Waals surface area contributed by atoms with Crippen molar-refractivity contribution in [2.24, 2.45) is 0 Å². The summed E-state index contributed by atoms with van der Waals surface area (Å²) in [6.07, 6.45) is 0. The number of nitrogens with one attached hydrogen (secondary N) is 1. The minimum absolute atomic E-state index is 1.02. The van der Waals surface area contributed by atoms with Gasteiger partial charge < -0.3 is 10.1 Å². The van der Waals surface area contributed by atoms with Crippen LogP contribution in [0.25, 0.3) is 0 Å². The van der Waals surface area contributed by atoms with E-state index in [2.05, 4.69) is 29.3 Å². The Balaban J connectivity index is 1.98. The Hall–Kier alpha value is -1.06. The lowest BCUT2D eigenvalue weighted by atomic mass is 10.1. The molecule has 1 aliphatic rings. The van der Waals surface area contributed by atoms with Crippen molar-refractivity contribution in [1.82, 2.24) is 10.2 Å². The molecule has 0 aliphatic carbocycles. The van der Waals surface area contributed by atoms with Gasteiger partial charge in [0.05, 0.1) is 7.11 Å². The topological polar surface area (TPSA) is 24.5 Å². The molecule has 16 heavy (non-hydrogen) atoms. The SMILES string of the molecule is CCNCCN1Cc2cccc(OC)c2C1. The molecule has 1 aliphatic heterocycles. The molecule has 3 nitrogen and oxygen atoms in total. The highest BCUT2D eigenvalue weighted by atomic mass is 16.5. The predicted molar refractivity (Wildman–Crippen MR) is 65.7 cm³/mol. The van der Waals surface area contributed by atoms with Crippen LogP contribution < -0.4 is 10.1 Å². The van der Waals surface area contributed by atoms with Gasteiger partial charge in [-0.05, 0) is 18.2 Å². The Kier molecular flexibility index (Phi) is 3.80. The highest BCUT2D eigenvalue weighted by Gasteiger charge is 2.21. The van der Waals surface area contributed by atoms with Gasteiger partial charge in [0.25, 0.3) is 0 Å². The number of nitrogens with zero attached hydrogens (tertiary/aromatic N) is 1. The quantitative estimate of drug-likeness (QED) is 0.763. The zero-order chi connectivity index (χ0) is 11.4. The van der Waals surface area contributed by atoms with Crippen molar-refractivity contribution in [2.75, 3.05) is 26.7 Å². The van der Waals surface area contributed by atoms with Crippen molar-refractivity contribution < 1.29 is 4.74 Å². The van der Waals surface area contributed by atoms with Gasteiger partial charge in [0, 0.05) is 31.7 Å². The molecular weight excluding hydrogens is 200 g/mol. The lowest BCUT2D eigenvalue weighted by Gasteiger charge is -2.14. The van der Waals surface area contributed by atoms with Crippen LogP contribution in [0.2, 0.25) is 0 Å². The van der Waals surface area contributed by atoms with E-state index in [0.717, 1.165) is 38.5 Å². The maximum atomic E-state index is 5.39. The third-order valence-corrected chi connectivity index (χ3v) is 3.08. The Morgan fingerprint density at radius 3 is 3.00 bits per heavy atom. The molecule has 0 radical (unpaired) electrons. The average Bonchev–Trinajstić information content (AvgIpc) is 2.71. The summed E-state index contributed by atoms with van der Waals surface area (Å²) in [5.74, 6) is 1.03. The third kappa shape index (κ3) is 2.36. The largest absolute Gasteiger partial charge is 0.496 e. The van der Waals surface area contributed by atoms with E-state index in [4.69, 9.17) is 4.74 Å². The second-order valence-corrected chi connectivity index (χ2v) is 4.16. The summed E-state index contributed by atoms with van der Waals surface area (Å²) >= 11 is 0. The van der Waals surface area contributed by atoms with E-state index >= 15 is 0 Å². The van der Waals surface area contributed by atoms with E-state index in [0.29, 0.717) is 0 Å². The first-order chi connectivity index (χ1) is 7.85. The fourth-order valence-corrected chi connectivity index (χ4v) is 2.22. The fourth-order valence-electron chi connectivity index (χ4n) is 2.22. The summed E-state index contributed by atoms with van der Waals surface area (Å²) < 4.78 is 5.39. The second kappa shape index (κ2) is 5.32. The molecule has 2 rings (SSSR count). The molecule has 0 aromatic heterocycles. The molecule has 1 aromatic carbocycles. The van der Waals surface area contributed by atoms with Gasteiger partial charge in [-0.25, -0.2) is 0 Å². The molecule has 0 atom stereocenters. The summed E-state index contributed by atoms with van der Waals surface area (Å²) in [6.45, 7) is 7.42. The van der Waals surface area contributed by atoms with Gasteiger partial charge in [-0.3, -0.25) is 4.90 Å². The van der Waals surface area contributed by atoms with Crippen LogP contribution in [-0.4, -0.2) is 31.6 Å². The molecule has 0 spiro atoms. The van der Waals surface area contributed by atoms with Gasteiger partial charge in [0.1, 0.15) is 5.75 Å². The van der Waals surface area contributed by atoms with Crippen LogP contribution in [0.5, 0.6) is 5.75 Å². The van der Waals surface area contributed by atoms with Gasteiger partial charge in [-0.15, -0.1) is 0 Å². The first-order valence-electron chi connectivity index (χ1n) is 5.93. The summed E-state index contributed by atoms with van der Waals surface area (Å²) in [4.78, 5) is 2.45. The van der Waals surface area contributed by atoms with E-state index in [9.17, 15) is 0 Å². The maximum absolute atomic E-state index is 5.39. The second-order valence-electron chi connectivity index (χ2n) is 4.16. The first kappa shape index (κ1) is 11.4. The maximum Gasteiger partial charge on any atom is 0.123 e. The van der Waals surface area contributed by atoms with Crippen LogP contribution in [0.1, 0.15) is 18.1 Å². The molecule has 88 valence electrons. The van der Waals surface area contributed by atoms with E-state index in [1.165, 1.54) is 11.1 Å². The standard InChI is InChI=1S/C13H20N2O/c1-3-14-7-8-15-9-11-5-4-6-13(16-2)12(11)10-15/h4-6,14H,3,7-10H2,1-2H3. The zero-order valence-corrected chi connectivity index (χ0v) is 10.1. The Morgan fingerprint density at radius 1 is 1.38 bits per heavy atom. The monoisotopic (exact) mass is 220 g/mol. The molecule has 1 N–H and O–H groups in total. The number of hydrogen-bond acceptors (Lipinski definition) is 3. The summed E-state index contributed by atoms with van der Waals surface area (Å²) in [5, 5.41) is 3.36. The molecule has 0 unspecified atom stereocenters. The van der Waals surface area contributed by atoms with Crippen LogP contribution in [0, 0.1) is 0 Å². The third-order valence-electron chi connectivity index (χ3n) is 3.08. The normalized spacial score (nSPS) is 15.1. The molecule has 0 bridgehead atoms. The van der Waals surface area contributed by atoms with Crippen molar-refractivity contribution in [3.8, 4) is 5.75 Å². The van der Waals surface area contributed by atoms with Crippen molar-refractivity contribution in [3.63, 3.8) is 0 Å².